The lowest BCUT2D eigenvalue weighted by molar-refractivity contribution is 0.0795. The van der Waals surface area contributed by atoms with Gasteiger partial charge in [-0.2, -0.15) is 0 Å². The number of nitrogens with zero attached hydrogens (tertiary/aromatic N) is 3. The van der Waals surface area contributed by atoms with Crippen molar-refractivity contribution in [3.05, 3.63) is 18.2 Å². The van der Waals surface area contributed by atoms with Crippen LogP contribution in [0.3, 0.4) is 0 Å². The number of imidazole rings is 1. The van der Waals surface area contributed by atoms with Crippen molar-refractivity contribution in [3.63, 3.8) is 0 Å². The zero-order chi connectivity index (χ0) is 12.1. The normalized spacial score (nSPS) is 20.7. The fourth-order valence-corrected chi connectivity index (χ4v) is 2.29. The van der Waals surface area contributed by atoms with Gasteiger partial charge in [0.05, 0.1) is 12.6 Å². The van der Waals surface area contributed by atoms with Gasteiger partial charge in [0.1, 0.15) is 5.82 Å². The summed E-state index contributed by atoms with van der Waals surface area (Å²) in [6.07, 6.45) is 3.87. The summed E-state index contributed by atoms with van der Waals surface area (Å²) in [6.45, 7) is 7.69. The molecule has 0 aliphatic carbocycles. The maximum atomic E-state index is 5.44. The topological polar surface area (TPSA) is 42.3 Å². The van der Waals surface area contributed by atoms with Crippen LogP contribution < -0.4 is 5.32 Å². The maximum Gasteiger partial charge on any atom is 0.127 e. The van der Waals surface area contributed by atoms with Crippen LogP contribution in [0.25, 0.3) is 0 Å². The molecule has 0 spiro atoms. The first-order valence-electron chi connectivity index (χ1n) is 6.32. The van der Waals surface area contributed by atoms with E-state index >= 15 is 0 Å². The number of ether oxygens (including phenoxy) is 1. The summed E-state index contributed by atoms with van der Waals surface area (Å²) in [4.78, 5) is 6.91. The first-order valence-corrected chi connectivity index (χ1v) is 6.32. The first kappa shape index (κ1) is 15.4. The SMILES string of the molecule is CCOCCN1CCNCC1c1nccn1C.Cl. The van der Waals surface area contributed by atoms with E-state index in [1.807, 2.05) is 19.3 Å². The third-order valence-corrected chi connectivity index (χ3v) is 3.24. The fourth-order valence-electron chi connectivity index (χ4n) is 2.29. The maximum absolute atomic E-state index is 5.44. The van der Waals surface area contributed by atoms with E-state index in [-0.39, 0.29) is 12.4 Å². The Hall–Kier alpha value is -0.620. The van der Waals surface area contributed by atoms with Gasteiger partial charge in [-0.3, -0.25) is 4.90 Å². The van der Waals surface area contributed by atoms with Gasteiger partial charge in [-0.15, -0.1) is 12.4 Å². The average molecular weight is 275 g/mol. The number of rotatable bonds is 5. The molecule has 5 nitrogen and oxygen atoms in total. The number of aromatic nitrogens is 2. The van der Waals surface area contributed by atoms with Gasteiger partial charge in [0.15, 0.2) is 0 Å². The second-order valence-electron chi connectivity index (χ2n) is 4.35. The summed E-state index contributed by atoms with van der Waals surface area (Å²) in [5, 5.41) is 3.43. The quantitative estimate of drug-likeness (QED) is 0.808. The largest absolute Gasteiger partial charge is 0.380 e. The van der Waals surface area contributed by atoms with Crippen LogP contribution in [0.2, 0.25) is 0 Å². The molecule has 0 aromatic carbocycles. The molecule has 1 saturated heterocycles. The van der Waals surface area contributed by atoms with Crippen LogP contribution in [-0.2, 0) is 11.8 Å². The summed E-state index contributed by atoms with van der Waals surface area (Å²) < 4.78 is 7.55. The van der Waals surface area contributed by atoms with Gasteiger partial charge in [-0.05, 0) is 6.92 Å². The number of piperazine rings is 1. The molecule has 1 N–H and O–H groups in total. The van der Waals surface area contributed by atoms with E-state index in [9.17, 15) is 0 Å². The van der Waals surface area contributed by atoms with Crippen LogP contribution in [0.4, 0.5) is 0 Å². The smallest absolute Gasteiger partial charge is 0.127 e. The number of hydrogen-bond acceptors (Lipinski definition) is 4. The zero-order valence-corrected chi connectivity index (χ0v) is 11.9. The molecule has 1 fully saturated rings. The third-order valence-electron chi connectivity index (χ3n) is 3.24. The van der Waals surface area contributed by atoms with Gasteiger partial charge in [-0.1, -0.05) is 0 Å². The Morgan fingerprint density at radius 3 is 3.06 bits per heavy atom. The summed E-state index contributed by atoms with van der Waals surface area (Å²) in [7, 11) is 2.05. The minimum absolute atomic E-state index is 0. The molecule has 6 heteroatoms. The van der Waals surface area contributed by atoms with E-state index in [4.69, 9.17) is 4.74 Å². The van der Waals surface area contributed by atoms with Crippen LogP contribution in [0.15, 0.2) is 12.4 Å². The molecule has 0 amide bonds. The van der Waals surface area contributed by atoms with E-state index in [0.29, 0.717) is 6.04 Å². The molecule has 1 aliphatic rings. The molecular formula is C12H23ClN4O. The predicted molar refractivity (Wildman–Crippen MR) is 74.1 cm³/mol. The molecule has 104 valence electrons. The molecule has 2 heterocycles. The van der Waals surface area contributed by atoms with Crippen molar-refractivity contribution < 1.29 is 4.74 Å². The summed E-state index contributed by atoms with van der Waals surface area (Å²) in [5.74, 6) is 1.13. The second-order valence-corrected chi connectivity index (χ2v) is 4.35. The van der Waals surface area contributed by atoms with Gasteiger partial charge in [-0.25, -0.2) is 4.98 Å². The molecule has 1 aromatic heterocycles. The standard InChI is InChI=1S/C12H22N4O.ClH/c1-3-17-9-8-16-7-4-13-10-11(16)12-14-5-6-15(12)2;/h5-6,11,13H,3-4,7-10H2,1-2H3;1H. The van der Waals surface area contributed by atoms with Gasteiger partial charge in [0.2, 0.25) is 0 Å². The molecular weight excluding hydrogens is 252 g/mol. The number of aryl methyl sites for hydroxylation is 1. The van der Waals surface area contributed by atoms with Gasteiger partial charge in [0, 0.05) is 52.2 Å². The van der Waals surface area contributed by atoms with E-state index in [2.05, 4.69) is 26.8 Å². The molecule has 0 bridgehead atoms. The highest BCUT2D eigenvalue weighted by atomic mass is 35.5. The Kier molecular flexibility index (Phi) is 6.63. The van der Waals surface area contributed by atoms with Crippen LogP contribution in [-0.4, -0.2) is 53.8 Å². The Morgan fingerprint density at radius 2 is 2.39 bits per heavy atom. The number of nitrogens with one attached hydrogen (secondary N) is 1. The lowest BCUT2D eigenvalue weighted by Gasteiger charge is -2.35. The molecule has 2 rings (SSSR count). The Labute approximate surface area is 115 Å². The second kappa shape index (κ2) is 7.74. The lowest BCUT2D eigenvalue weighted by atomic mass is 10.2. The Balaban J connectivity index is 0.00000162. The Bertz CT molecular complexity index is 345. The van der Waals surface area contributed by atoms with Crippen LogP contribution in [0.1, 0.15) is 18.8 Å². The van der Waals surface area contributed by atoms with Crippen molar-refractivity contribution in [1.82, 2.24) is 19.8 Å². The molecule has 1 atom stereocenters. The summed E-state index contributed by atoms with van der Waals surface area (Å²) in [6, 6.07) is 0.365. The minimum atomic E-state index is 0. The van der Waals surface area contributed by atoms with Gasteiger partial charge in [0.25, 0.3) is 0 Å². The summed E-state index contributed by atoms with van der Waals surface area (Å²) >= 11 is 0. The molecule has 1 unspecified atom stereocenters. The molecule has 18 heavy (non-hydrogen) atoms. The first-order chi connectivity index (χ1) is 8.33. The highest BCUT2D eigenvalue weighted by Gasteiger charge is 2.26. The van der Waals surface area contributed by atoms with Gasteiger partial charge >= 0.3 is 0 Å². The van der Waals surface area contributed by atoms with Crippen molar-refractivity contribution in [2.45, 2.75) is 13.0 Å². The van der Waals surface area contributed by atoms with E-state index < -0.39 is 0 Å². The zero-order valence-electron chi connectivity index (χ0n) is 11.1. The Morgan fingerprint density at radius 1 is 1.56 bits per heavy atom. The van der Waals surface area contributed by atoms with Crippen molar-refractivity contribution in [2.75, 3.05) is 39.4 Å². The van der Waals surface area contributed by atoms with Crippen LogP contribution in [0.5, 0.6) is 0 Å². The number of hydrogen-bond donors (Lipinski definition) is 1. The van der Waals surface area contributed by atoms with Gasteiger partial charge < -0.3 is 14.6 Å². The number of halogens is 1. The molecule has 0 radical (unpaired) electrons. The van der Waals surface area contributed by atoms with Crippen molar-refractivity contribution >= 4 is 12.4 Å². The lowest BCUT2D eigenvalue weighted by Crippen LogP contribution is -2.47. The van der Waals surface area contributed by atoms with Crippen LogP contribution in [0, 0.1) is 0 Å². The highest BCUT2D eigenvalue weighted by Crippen LogP contribution is 2.19. The van der Waals surface area contributed by atoms with E-state index in [1.54, 1.807) is 0 Å². The van der Waals surface area contributed by atoms with E-state index in [1.165, 1.54) is 0 Å². The van der Waals surface area contributed by atoms with Crippen LogP contribution >= 0.6 is 12.4 Å². The van der Waals surface area contributed by atoms with Crippen molar-refractivity contribution in [2.24, 2.45) is 7.05 Å². The van der Waals surface area contributed by atoms with Crippen molar-refractivity contribution in [3.8, 4) is 0 Å². The molecule has 1 aliphatic heterocycles. The van der Waals surface area contributed by atoms with E-state index in [0.717, 1.165) is 45.2 Å². The monoisotopic (exact) mass is 274 g/mol. The predicted octanol–water partition coefficient (Wildman–Crippen LogP) is 0.825. The fraction of sp³-hybridized carbons (Fsp3) is 0.750. The van der Waals surface area contributed by atoms with Crippen molar-refractivity contribution in [1.29, 1.82) is 0 Å². The third kappa shape index (κ3) is 3.68. The molecule has 1 aromatic rings. The summed E-state index contributed by atoms with van der Waals surface area (Å²) in [5.41, 5.74) is 0. The minimum Gasteiger partial charge on any atom is -0.380 e. The average Bonchev–Trinajstić information content (AvgIpc) is 2.76. The molecule has 0 saturated carbocycles. The highest BCUT2D eigenvalue weighted by molar-refractivity contribution is 5.85.